The molecule has 0 bridgehead atoms. The predicted molar refractivity (Wildman–Crippen MR) is 60.7 cm³/mol. The Morgan fingerprint density at radius 1 is 1.13 bits per heavy atom. The Hall–Kier alpha value is -1.88. The van der Waals surface area contributed by atoms with Gasteiger partial charge in [-0.2, -0.15) is 0 Å². The van der Waals surface area contributed by atoms with Gasteiger partial charge in [0, 0.05) is 11.8 Å². The van der Waals surface area contributed by atoms with Crippen LogP contribution in [0.15, 0.2) is 42.5 Å². The molecule has 0 saturated heterocycles. The van der Waals surface area contributed by atoms with Gasteiger partial charge >= 0.3 is 5.00 Å². The Balaban J connectivity index is 2.15. The van der Waals surface area contributed by atoms with Crippen molar-refractivity contribution in [3.05, 3.63) is 52.6 Å². The lowest BCUT2D eigenvalue weighted by molar-refractivity contribution is -0.380. The number of thiophene rings is 1. The smallest absolute Gasteiger partial charge is 0.326 e. The summed E-state index contributed by atoms with van der Waals surface area (Å²) >= 11 is 1.13. The van der Waals surface area contributed by atoms with E-state index in [2.05, 4.69) is 5.32 Å². The molecule has 5 heteroatoms. The number of nitrogens with zero attached hydrogens (tertiary/aromatic N) is 1. The minimum absolute atomic E-state index is 0.147. The van der Waals surface area contributed by atoms with Crippen molar-refractivity contribution in [3.63, 3.8) is 0 Å². The van der Waals surface area contributed by atoms with Gasteiger partial charge < -0.3 is 5.32 Å². The Labute approximate surface area is 90.3 Å². The van der Waals surface area contributed by atoms with Crippen molar-refractivity contribution in [1.29, 1.82) is 0 Å². The quantitative estimate of drug-likeness (QED) is 0.637. The Bertz CT molecular complexity index is 467. The third kappa shape index (κ3) is 2.32. The SMILES string of the molecule is O=[N+]([O-])c1ccc(Nc2ccccc2)s1. The maximum Gasteiger partial charge on any atom is 0.326 e. The standard InChI is InChI=1S/C10H8N2O2S/c13-12(14)10-7-6-9(15-10)11-8-4-2-1-3-5-8/h1-7,11H. The van der Waals surface area contributed by atoms with E-state index in [0.29, 0.717) is 0 Å². The molecule has 0 aliphatic heterocycles. The van der Waals surface area contributed by atoms with Crippen LogP contribution in [0.3, 0.4) is 0 Å². The maximum atomic E-state index is 10.5. The molecule has 0 radical (unpaired) electrons. The highest BCUT2D eigenvalue weighted by atomic mass is 32.1. The zero-order chi connectivity index (χ0) is 10.7. The summed E-state index contributed by atoms with van der Waals surface area (Å²) < 4.78 is 0. The second-order valence-corrected chi connectivity index (χ2v) is 3.95. The molecule has 0 aliphatic carbocycles. The van der Waals surface area contributed by atoms with Crippen molar-refractivity contribution in [2.75, 3.05) is 5.32 Å². The van der Waals surface area contributed by atoms with Crippen LogP contribution in [0.5, 0.6) is 0 Å². The van der Waals surface area contributed by atoms with Crippen LogP contribution in [-0.2, 0) is 0 Å². The fraction of sp³-hybridized carbons (Fsp3) is 0. The maximum absolute atomic E-state index is 10.5. The molecule has 0 spiro atoms. The summed E-state index contributed by atoms with van der Waals surface area (Å²) in [4.78, 5) is 10.1. The summed E-state index contributed by atoms with van der Waals surface area (Å²) in [5.41, 5.74) is 0.925. The van der Waals surface area contributed by atoms with Gasteiger partial charge in [0.1, 0.15) is 0 Å². The molecule has 2 rings (SSSR count). The number of nitro groups is 1. The second kappa shape index (κ2) is 4.10. The van der Waals surface area contributed by atoms with Crippen molar-refractivity contribution < 1.29 is 4.92 Å². The zero-order valence-electron chi connectivity index (χ0n) is 7.71. The van der Waals surface area contributed by atoms with E-state index in [9.17, 15) is 10.1 Å². The molecule has 1 aromatic heterocycles. The molecule has 1 aromatic carbocycles. The van der Waals surface area contributed by atoms with Gasteiger partial charge in [0.05, 0.1) is 9.92 Å². The van der Waals surface area contributed by atoms with Crippen molar-refractivity contribution in [1.82, 2.24) is 0 Å². The molecule has 0 fully saturated rings. The van der Waals surface area contributed by atoms with Crippen molar-refractivity contribution in [2.45, 2.75) is 0 Å². The molecule has 1 N–H and O–H groups in total. The Kier molecular flexibility index (Phi) is 2.64. The number of nitrogens with one attached hydrogen (secondary N) is 1. The van der Waals surface area contributed by atoms with Crippen molar-refractivity contribution >= 4 is 27.0 Å². The molecule has 0 amide bonds. The van der Waals surface area contributed by atoms with Gasteiger partial charge in [-0.1, -0.05) is 18.2 Å². The van der Waals surface area contributed by atoms with Crippen molar-refractivity contribution in [3.8, 4) is 0 Å². The van der Waals surface area contributed by atoms with Gasteiger partial charge in [0.2, 0.25) is 0 Å². The number of rotatable bonds is 3. The zero-order valence-corrected chi connectivity index (χ0v) is 8.53. The molecule has 0 unspecified atom stereocenters. The molecule has 2 aromatic rings. The summed E-state index contributed by atoms with van der Waals surface area (Å²) in [5.74, 6) is 0. The summed E-state index contributed by atoms with van der Waals surface area (Å²) in [6, 6.07) is 12.7. The van der Waals surface area contributed by atoms with E-state index in [1.807, 2.05) is 30.3 Å². The highest BCUT2D eigenvalue weighted by Crippen LogP contribution is 2.30. The fourth-order valence-corrected chi connectivity index (χ4v) is 1.90. The van der Waals surface area contributed by atoms with Gasteiger partial charge in [0.25, 0.3) is 0 Å². The minimum atomic E-state index is -0.388. The molecule has 15 heavy (non-hydrogen) atoms. The highest BCUT2D eigenvalue weighted by Gasteiger charge is 2.09. The molecule has 76 valence electrons. The van der Waals surface area contributed by atoms with Crippen LogP contribution in [0.2, 0.25) is 0 Å². The first-order valence-electron chi connectivity index (χ1n) is 4.32. The first kappa shape index (κ1) is 9.67. The van der Waals surface area contributed by atoms with E-state index in [1.165, 1.54) is 6.07 Å². The number of benzene rings is 1. The van der Waals surface area contributed by atoms with Gasteiger partial charge in [-0.15, -0.1) is 0 Å². The van der Waals surface area contributed by atoms with E-state index in [-0.39, 0.29) is 9.92 Å². The van der Waals surface area contributed by atoms with Gasteiger partial charge in [-0.05, 0) is 29.5 Å². The number of anilines is 2. The van der Waals surface area contributed by atoms with Crippen LogP contribution in [-0.4, -0.2) is 4.92 Å². The molecule has 4 nitrogen and oxygen atoms in total. The number of hydrogen-bond donors (Lipinski definition) is 1. The monoisotopic (exact) mass is 220 g/mol. The lowest BCUT2D eigenvalue weighted by Crippen LogP contribution is -1.85. The van der Waals surface area contributed by atoms with E-state index < -0.39 is 0 Å². The van der Waals surface area contributed by atoms with E-state index in [1.54, 1.807) is 6.07 Å². The van der Waals surface area contributed by atoms with Crippen LogP contribution in [0, 0.1) is 10.1 Å². The summed E-state index contributed by atoms with van der Waals surface area (Å²) in [6.07, 6.45) is 0. The highest BCUT2D eigenvalue weighted by molar-refractivity contribution is 7.19. The summed E-state index contributed by atoms with van der Waals surface area (Å²) in [6.45, 7) is 0. The predicted octanol–water partition coefficient (Wildman–Crippen LogP) is 3.40. The average molecular weight is 220 g/mol. The lowest BCUT2D eigenvalue weighted by atomic mass is 10.3. The minimum Gasteiger partial charge on any atom is -0.347 e. The first-order valence-corrected chi connectivity index (χ1v) is 5.13. The van der Waals surface area contributed by atoms with Crippen LogP contribution >= 0.6 is 11.3 Å². The van der Waals surface area contributed by atoms with Crippen LogP contribution in [0.1, 0.15) is 0 Å². The third-order valence-electron chi connectivity index (χ3n) is 1.81. The van der Waals surface area contributed by atoms with Crippen LogP contribution in [0.25, 0.3) is 0 Å². The van der Waals surface area contributed by atoms with Crippen LogP contribution in [0.4, 0.5) is 15.7 Å². The molecular weight excluding hydrogens is 212 g/mol. The average Bonchev–Trinajstić information content (AvgIpc) is 2.68. The lowest BCUT2D eigenvalue weighted by Gasteiger charge is -2.00. The summed E-state index contributed by atoms with van der Waals surface area (Å²) in [5, 5.41) is 14.5. The normalized spacial score (nSPS) is 9.87. The topological polar surface area (TPSA) is 55.2 Å². The van der Waals surface area contributed by atoms with Gasteiger partial charge in [0.15, 0.2) is 0 Å². The first-order chi connectivity index (χ1) is 7.25. The number of para-hydroxylation sites is 1. The fourth-order valence-electron chi connectivity index (χ4n) is 1.16. The third-order valence-corrected chi connectivity index (χ3v) is 2.77. The molecule has 0 saturated carbocycles. The Morgan fingerprint density at radius 2 is 1.87 bits per heavy atom. The molecule has 0 atom stereocenters. The Morgan fingerprint density at radius 3 is 2.47 bits per heavy atom. The van der Waals surface area contributed by atoms with Gasteiger partial charge in [-0.25, -0.2) is 0 Å². The number of hydrogen-bond acceptors (Lipinski definition) is 4. The summed E-state index contributed by atoms with van der Waals surface area (Å²) in [7, 11) is 0. The largest absolute Gasteiger partial charge is 0.347 e. The van der Waals surface area contributed by atoms with E-state index in [0.717, 1.165) is 22.0 Å². The molecule has 0 aliphatic rings. The van der Waals surface area contributed by atoms with Crippen LogP contribution < -0.4 is 5.32 Å². The van der Waals surface area contributed by atoms with Crippen molar-refractivity contribution in [2.24, 2.45) is 0 Å². The van der Waals surface area contributed by atoms with E-state index >= 15 is 0 Å². The molecular formula is C10H8N2O2S. The van der Waals surface area contributed by atoms with Gasteiger partial charge in [-0.3, -0.25) is 10.1 Å². The van der Waals surface area contributed by atoms with E-state index in [4.69, 9.17) is 0 Å². The second-order valence-electron chi connectivity index (χ2n) is 2.89. The molecule has 1 heterocycles.